The van der Waals surface area contributed by atoms with E-state index in [-0.39, 0.29) is 41.4 Å². The molecule has 36 heavy (non-hydrogen) atoms. The smallest absolute Gasteiger partial charge is 0.389 e. The van der Waals surface area contributed by atoms with Crippen LogP contribution in [0.2, 0.25) is 0 Å². The second-order valence-corrected chi connectivity index (χ2v) is 10.7. The largest absolute Gasteiger partial charge is 0.408 e. The van der Waals surface area contributed by atoms with Gasteiger partial charge in [0.15, 0.2) is 5.01 Å². The topological polar surface area (TPSA) is 107 Å². The highest BCUT2D eigenvalue weighted by atomic mass is 32.1. The fraction of sp³-hybridized carbons (Fsp3) is 0.583. The van der Waals surface area contributed by atoms with Gasteiger partial charge in [-0.25, -0.2) is 9.97 Å². The number of thiazole rings is 1. The first-order chi connectivity index (χ1) is 16.7. The summed E-state index contributed by atoms with van der Waals surface area (Å²) >= 11 is 1.01. The number of anilines is 1. The molecule has 2 atom stereocenters. The quantitative estimate of drug-likeness (QED) is 0.470. The van der Waals surface area contributed by atoms with Crippen molar-refractivity contribution in [1.82, 2.24) is 20.2 Å². The number of aliphatic hydroxyl groups is 1. The molecule has 3 N–H and O–H groups in total. The zero-order valence-electron chi connectivity index (χ0n) is 21.0. The highest BCUT2D eigenvalue weighted by Gasteiger charge is 2.38. The SMILES string of the molecule is CC[C@@H](Nc1cc(C)c(-c2sc(C(=O)NCC(C)(C)O)nc2C(=O)N2CCC[C@@H]2C)cn1)C(F)(F)F. The minimum atomic E-state index is -4.42. The summed E-state index contributed by atoms with van der Waals surface area (Å²) in [4.78, 5) is 36.8. The Kier molecular flexibility index (Phi) is 8.29. The van der Waals surface area contributed by atoms with Crippen LogP contribution in [-0.2, 0) is 0 Å². The monoisotopic (exact) mass is 527 g/mol. The van der Waals surface area contributed by atoms with Gasteiger partial charge in [-0.05, 0) is 58.6 Å². The molecule has 0 saturated carbocycles. The van der Waals surface area contributed by atoms with Crippen LogP contribution in [0.25, 0.3) is 10.4 Å². The minimum absolute atomic E-state index is 0.00800. The van der Waals surface area contributed by atoms with Gasteiger partial charge in [-0.3, -0.25) is 9.59 Å². The van der Waals surface area contributed by atoms with E-state index in [0.29, 0.717) is 22.5 Å². The Morgan fingerprint density at radius 2 is 2.03 bits per heavy atom. The lowest BCUT2D eigenvalue weighted by atomic mass is 10.1. The molecular weight excluding hydrogens is 495 g/mol. The van der Waals surface area contributed by atoms with Crippen LogP contribution >= 0.6 is 11.3 Å². The van der Waals surface area contributed by atoms with Crippen molar-refractivity contribution >= 4 is 29.0 Å². The third kappa shape index (κ3) is 6.52. The summed E-state index contributed by atoms with van der Waals surface area (Å²) in [5.74, 6) is -0.775. The average Bonchev–Trinajstić information content (AvgIpc) is 3.41. The van der Waals surface area contributed by atoms with E-state index >= 15 is 0 Å². The van der Waals surface area contributed by atoms with E-state index in [1.165, 1.54) is 19.2 Å². The Bertz CT molecular complexity index is 1110. The van der Waals surface area contributed by atoms with Crippen LogP contribution in [0.1, 0.15) is 72.8 Å². The van der Waals surface area contributed by atoms with Crippen molar-refractivity contribution in [2.24, 2.45) is 0 Å². The predicted molar refractivity (Wildman–Crippen MR) is 132 cm³/mol. The van der Waals surface area contributed by atoms with E-state index in [2.05, 4.69) is 20.6 Å². The fourth-order valence-corrected chi connectivity index (χ4v) is 5.00. The second-order valence-electron chi connectivity index (χ2n) is 9.71. The van der Waals surface area contributed by atoms with Crippen LogP contribution < -0.4 is 10.6 Å². The molecule has 0 unspecified atom stereocenters. The summed E-state index contributed by atoms with van der Waals surface area (Å²) < 4.78 is 39.6. The number of carbonyl (C=O) groups is 2. The van der Waals surface area contributed by atoms with Gasteiger partial charge in [0, 0.05) is 30.9 Å². The molecular formula is C24H32F3N5O3S. The zero-order valence-corrected chi connectivity index (χ0v) is 21.8. The first-order valence-corrected chi connectivity index (χ1v) is 12.7. The number of alkyl halides is 3. The van der Waals surface area contributed by atoms with Gasteiger partial charge in [-0.2, -0.15) is 13.2 Å². The summed E-state index contributed by atoms with van der Waals surface area (Å²) in [7, 11) is 0. The molecule has 2 aromatic heterocycles. The van der Waals surface area contributed by atoms with E-state index < -0.39 is 23.7 Å². The molecule has 1 aliphatic rings. The Labute approximate surface area is 212 Å². The number of aromatic nitrogens is 2. The van der Waals surface area contributed by atoms with Crippen LogP contribution in [-0.4, -0.2) is 68.7 Å². The van der Waals surface area contributed by atoms with E-state index in [0.717, 1.165) is 24.2 Å². The molecule has 12 heteroatoms. The van der Waals surface area contributed by atoms with E-state index in [4.69, 9.17) is 0 Å². The van der Waals surface area contributed by atoms with Crippen LogP contribution in [0.5, 0.6) is 0 Å². The summed E-state index contributed by atoms with van der Waals surface area (Å²) in [5.41, 5.74) is 0.0691. The maximum Gasteiger partial charge on any atom is 0.408 e. The van der Waals surface area contributed by atoms with E-state index in [1.54, 1.807) is 25.7 Å². The third-order valence-corrected chi connectivity index (χ3v) is 7.09. The number of nitrogens with one attached hydrogen (secondary N) is 2. The standard InChI is InChI=1S/C24H32F3N5O3S/c1-6-16(24(25,26)27)30-17-10-13(2)15(11-28-17)19-18(22(34)32-9-7-8-14(32)3)31-21(36-19)20(33)29-12-23(4,5)35/h10-11,14,16,35H,6-9,12H2,1-5H3,(H,28,30)(H,29,33)/t14-,16+/m0/s1. The Morgan fingerprint density at radius 1 is 1.33 bits per heavy atom. The molecule has 2 aromatic rings. The van der Waals surface area contributed by atoms with Crippen molar-refractivity contribution in [2.45, 2.75) is 77.7 Å². The molecule has 0 aromatic carbocycles. The van der Waals surface area contributed by atoms with Crippen molar-refractivity contribution in [3.63, 3.8) is 0 Å². The van der Waals surface area contributed by atoms with E-state index in [1.807, 2.05) is 6.92 Å². The van der Waals surface area contributed by atoms with Crippen LogP contribution in [0.4, 0.5) is 19.0 Å². The molecule has 0 aliphatic carbocycles. The van der Waals surface area contributed by atoms with Crippen LogP contribution in [0, 0.1) is 6.92 Å². The van der Waals surface area contributed by atoms with Gasteiger partial charge < -0.3 is 20.6 Å². The molecule has 1 aliphatic heterocycles. The zero-order chi connectivity index (χ0) is 26.8. The summed E-state index contributed by atoms with van der Waals surface area (Å²) in [6, 6.07) is -0.221. The number of hydrogen-bond acceptors (Lipinski definition) is 7. The predicted octanol–water partition coefficient (Wildman–Crippen LogP) is 4.39. The highest BCUT2D eigenvalue weighted by molar-refractivity contribution is 7.17. The van der Waals surface area contributed by atoms with Crippen molar-refractivity contribution in [2.75, 3.05) is 18.4 Å². The number of carbonyl (C=O) groups excluding carboxylic acids is 2. The van der Waals surface area contributed by atoms with E-state index in [9.17, 15) is 27.9 Å². The maximum atomic E-state index is 13.4. The Hall–Kier alpha value is -2.73. The Balaban J connectivity index is 1.98. The molecule has 0 bridgehead atoms. The van der Waals surface area contributed by atoms with Gasteiger partial charge >= 0.3 is 6.18 Å². The molecule has 2 amide bonds. The highest BCUT2D eigenvalue weighted by Crippen LogP contribution is 2.35. The minimum Gasteiger partial charge on any atom is -0.389 e. The van der Waals surface area contributed by atoms with Crippen molar-refractivity contribution in [3.8, 4) is 10.4 Å². The molecule has 3 rings (SSSR count). The molecule has 3 heterocycles. The number of amides is 2. The van der Waals surface area contributed by atoms with Gasteiger partial charge in [0.1, 0.15) is 17.6 Å². The molecule has 0 radical (unpaired) electrons. The van der Waals surface area contributed by atoms with Gasteiger partial charge in [0.05, 0.1) is 10.5 Å². The normalized spacial score (nSPS) is 17.2. The van der Waals surface area contributed by atoms with Crippen LogP contribution in [0.3, 0.4) is 0 Å². The summed E-state index contributed by atoms with van der Waals surface area (Å²) in [6.45, 7) is 8.77. The molecule has 198 valence electrons. The van der Waals surface area contributed by atoms with Crippen LogP contribution in [0.15, 0.2) is 12.3 Å². The van der Waals surface area contributed by atoms with Gasteiger partial charge in [0.25, 0.3) is 11.8 Å². The lowest BCUT2D eigenvalue weighted by Gasteiger charge is -2.22. The number of pyridine rings is 1. The lowest BCUT2D eigenvalue weighted by molar-refractivity contribution is -0.142. The number of rotatable bonds is 8. The first kappa shape index (κ1) is 27.9. The summed E-state index contributed by atoms with van der Waals surface area (Å²) in [5, 5.41) is 15.0. The maximum absolute atomic E-state index is 13.4. The van der Waals surface area contributed by atoms with Crippen molar-refractivity contribution in [3.05, 3.63) is 28.5 Å². The number of halogens is 3. The lowest BCUT2D eigenvalue weighted by Crippen LogP contribution is -2.38. The van der Waals surface area contributed by atoms with Gasteiger partial charge in [-0.1, -0.05) is 6.92 Å². The number of likely N-dealkylation sites (tertiary alicyclic amines) is 1. The third-order valence-electron chi connectivity index (χ3n) is 6.00. The number of nitrogens with zero attached hydrogens (tertiary/aromatic N) is 3. The number of aryl methyl sites for hydroxylation is 1. The van der Waals surface area contributed by atoms with Crippen molar-refractivity contribution < 1.29 is 27.9 Å². The molecule has 8 nitrogen and oxygen atoms in total. The van der Waals surface area contributed by atoms with Crippen molar-refractivity contribution in [1.29, 1.82) is 0 Å². The molecule has 1 fully saturated rings. The first-order valence-electron chi connectivity index (χ1n) is 11.8. The average molecular weight is 528 g/mol. The molecule has 1 saturated heterocycles. The Morgan fingerprint density at radius 3 is 2.56 bits per heavy atom. The molecule has 0 spiro atoms. The van der Waals surface area contributed by atoms with Gasteiger partial charge in [-0.15, -0.1) is 11.3 Å². The fourth-order valence-electron chi connectivity index (χ4n) is 3.95. The summed E-state index contributed by atoms with van der Waals surface area (Å²) in [6.07, 6.45) is -1.45. The number of hydrogen-bond donors (Lipinski definition) is 3. The second kappa shape index (κ2) is 10.7. The van der Waals surface area contributed by atoms with Gasteiger partial charge in [0.2, 0.25) is 0 Å².